The van der Waals surface area contributed by atoms with Crippen molar-refractivity contribution in [2.45, 2.75) is 24.8 Å². The van der Waals surface area contributed by atoms with Crippen molar-refractivity contribution in [3.63, 3.8) is 0 Å². The molecule has 3 N–H and O–H groups in total. The first kappa shape index (κ1) is 10.7. The molecule has 4 nitrogen and oxygen atoms in total. The van der Waals surface area contributed by atoms with Crippen LogP contribution in [0.4, 0.5) is 0 Å². The van der Waals surface area contributed by atoms with Gasteiger partial charge < -0.3 is 15.5 Å². The van der Waals surface area contributed by atoms with Crippen molar-refractivity contribution in [2.24, 2.45) is 5.73 Å². The van der Waals surface area contributed by atoms with Gasteiger partial charge in [0.25, 0.3) is 5.91 Å². The molecule has 5 heteroatoms. The van der Waals surface area contributed by atoms with Gasteiger partial charge in [-0.2, -0.15) is 0 Å². The summed E-state index contributed by atoms with van der Waals surface area (Å²) in [6, 6.07) is 1.64. The van der Waals surface area contributed by atoms with E-state index in [1.807, 2.05) is 0 Å². The zero-order valence-electron chi connectivity index (χ0n) is 8.25. The van der Waals surface area contributed by atoms with Crippen molar-refractivity contribution >= 4 is 21.8 Å². The van der Waals surface area contributed by atoms with E-state index in [1.165, 1.54) is 6.26 Å². The van der Waals surface area contributed by atoms with Crippen molar-refractivity contribution in [1.82, 2.24) is 5.32 Å². The number of halogens is 1. The minimum atomic E-state index is -0.184. The van der Waals surface area contributed by atoms with E-state index < -0.39 is 0 Å². The van der Waals surface area contributed by atoms with Crippen LogP contribution in [0.3, 0.4) is 0 Å². The maximum atomic E-state index is 11.6. The average Bonchev–Trinajstić information content (AvgIpc) is 2.58. The average molecular weight is 273 g/mol. The van der Waals surface area contributed by atoms with Crippen LogP contribution < -0.4 is 11.1 Å². The van der Waals surface area contributed by atoms with Crippen LogP contribution in [0.1, 0.15) is 29.6 Å². The molecule has 1 aliphatic carbocycles. The van der Waals surface area contributed by atoms with Gasteiger partial charge >= 0.3 is 0 Å². The summed E-state index contributed by atoms with van der Waals surface area (Å²) in [7, 11) is 0. The zero-order chi connectivity index (χ0) is 10.9. The van der Waals surface area contributed by atoms with E-state index >= 15 is 0 Å². The molecule has 0 saturated heterocycles. The summed E-state index contributed by atoms with van der Waals surface area (Å²) in [4.78, 5) is 11.6. The largest absolute Gasteiger partial charge is 0.457 e. The Morgan fingerprint density at radius 2 is 2.40 bits per heavy atom. The van der Waals surface area contributed by atoms with E-state index in [1.54, 1.807) is 6.07 Å². The van der Waals surface area contributed by atoms with Crippen molar-refractivity contribution < 1.29 is 9.21 Å². The number of rotatable bonds is 3. The van der Waals surface area contributed by atoms with Crippen LogP contribution in [0.5, 0.6) is 0 Å². The Balaban J connectivity index is 1.87. The summed E-state index contributed by atoms with van der Waals surface area (Å²) >= 11 is 3.14. The highest BCUT2D eigenvalue weighted by molar-refractivity contribution is 9.10. The molecule has 0 spiro atoms. The highest BCUT2D eigenvalue weighted by atomic mass is 79.9. The van der Waals surface area contributed by atoms with E-state index in [9.17, 15) is 4.79 Å². The molecule has 1 fully saturated rings. The van der Waals surface area contributed by atoms with Gasteiger partial charge in [0.2, 0.25) is 0 Å². The molecule has 0 unspecified atom stereocenters. The first-order chi connectivity index (χ1) is 7.09. The van der Waals surface area contributed by atoms with Crippen molar-refractivity contribution in [2.75, 3.05) is 6.54 Å². The lowest BCUT2D eigenvalue weighted by molar-refractivity contribution is 0.0929. The number of carbonyl (C=O) groups is 1. The molecule has 0 aliphatic heterocycles. The quantitative estimate of drug-likeness (QED) is 0.879. The molecule has 0 bridgehead atoms. The van der Waals surface area contributed by atoms with Crippen LogP contribution >= 0.6 is 15.9 Å². The third kappa shape index (κ3) is 2.41. The monoisotopic (exact) mass is 272 g/mol. The highest BCUT2D eigenvalue weighted by Crippen LogP contribution is 2.28. The van der Waals surface area contributed by atoms with Gasteiger partial charge in [-0.1, -0.05) is 0 Å². The first-order valence-corrected chi connectivity index (χ1v) is 5.69. The van der Waals surface area contributed by atoms with Gasteiger partial charge in [0.15, 0.2) is 4.67 Å². The topological polar surface area (TPSA) is 68.3 Å². The zero-order valence-corrected chi connectivity index (χ0v) is 9.84. The molecule has 1 heterocycles. The number of hydrogen-bond donors (Lipinski definition) is 2. The summed E-state index contributed by atoms with van der Waals surface area (Å²) in [5.74, 6) is -0.138. The summed E-state index contributed by atoms with van der Waals surface area (Å²) in [6.07, 6.45) is 4.55. The van der Waals surface area contributed by atoms with E-state index in [2.05, 4.69) is 21.2 Å². The summed E-state index contributed by atoms with van der Waals surface area (Å²) in [5, 5.41) is 2.81. The van der Waals surface area contributed by atoms with Crippen molar-refractivity contribution in [1.29, 1.82) is 0 Å². The lowest BCUT2D eigenvalue weighted by Gasteiger charge is -2.38. The van der Waals surface area contributed by atoms with Gasteiger partial charge in [0.05, 0.1) is 5.56 Å². The summed E-state index contributed by atoms with van der Waals surface area (Å²) in [6.45, 7) is 0.536. The normalized spacial score (nSPS) is 18.3. The Morgan fingerprint density at radius 3 is 2.87 bits per heavy atom. The van der Waals surface area contributed by atoms with Crippen molar-refractivity contribution in [3.8, 4) is 0 Å². The van der Waals surface area contributed by atoms with Gasteiger partial charge in [0, 0.05) is 18.2 Å². The van der Waals surface area contributed by atoms with Gasteiger partial charge in [-0.15, -0.1) is 0 Å². The Morgan fingerprint density at radius 1 is 1.67 bits per heavy atom. The molecule has 1 aliphatic rings. The van der Waals surface area contributed by atoms with Crippen LogP contribution in [-0.4, -0.2) is 18.0 Å². The predicted molar refractivity (Wildman–Crippen MR) is 59.5 cm³/mol. The molecule has 2 rings (SSSR count). The van der Waals surface area contributed by atoms with Crippen LogP contribution in [-0.2, 0) is 0 Å². The minimum Gasteiger partial charge on any atom is -0.457 e. The molecule has 0 atom stereocenters. The maximum Gasteiger partial charge on any atom is 0.254 e. The second-order valence-corrected chi connectivity index (χ2v) is 4.82. The fourth-order valence-corrected chi connectivity index (χ4v) is 1.94. The Bertz CT molecular complexity index is 371. The highest BCUT2D eigenvalue weighted by Gasteiger charge is 2.32. The Hall–Kier alpha value is -0.810. The first-order valence-electron chi connectivity index (χ1n) is 4.90. The smallest absolute Gasteiger partial charge is 0.254 e. The van der Waals surface area contributed by atoms with E-state index in [-0.39, 0.29) is 11.4 Å². The fraction of sp³-hybridized carbons (Fsp3) is 0.500. The lowest BCUT2D eigenvalue weighted by Crippen LogP contribution is -2.54. The van der Waals surface area contributed by atoms with Gasteiger partial charge in [-0.25, -0.2) is 0 Å². The second kappa shape index (κ2) is 3.98. The SMILES string of the molecule is NC1(CNC(=O)c2coc(Br)c2)CCC1. The number of nitrogens with two attached hydrogens (primary N) is 1. The molecule has 0 aromatic carbocycles. The molecule has 1 amide bonds. The molecule has 1 aromatic rings. The number of carbonyl (C=O) groups excluding carboxylic acids is 1. The maximum absolute atomic E-state index is 11.6. The van der Waals surface area contributed by atoms with Crippen molar-refractivity contribution in [3.05, 3.63) is 22.6 Å². The summed E-state index contributed by atoms with van der Waals surface area (Å²) < 4.78 is 5.54. The lowest BCUT2D eigenvalue weighted by atomic mass is 9.78. The second-order valence-electron chi connectivity index (χ2n) is 4.04. The number of amides is 1. The third-order valence-electron chi connectivity index (χ3n) is 2.78. The van der Waals surface area contributed by atoms with Crippen LogP contribution in [0.15, 0.2) is 21.4 Å². The van der Waals surface area contributed by atoms with E-state index in [0.29, 0.717) is 16.8 Å². The molecule has 1 saturated carbocycles. The van der Waals surface area contributed by atoms with Crippen LogP contribution in [0.25, 0.3) is 0 Å². The number of furan rings is 1. The van der Waals surface area contributed by atoms with E-state index in [0.717, 1.165) is 19.3 Å². The fourth-order valence-electron chi connectivity index (χ4n) is 1.60. The molecule has 0 radical (unpaired) electrons. The molecule has 15 heavy (non-hydrogen) atoms. The Kier molecular flexibility index (Phi) is 2.84. The Labute approximate surface area is 96.3 Å². The third-order valence-corrected chi connectivity index (χ3v) is 3.20. The van der Waals surface area contributed by atoms with Gasteiger partial charge in [-0.3, -0.25) is 4.79 Å². The van der Waals surface area contributed by atoms with Gasteiger partial charge in [-0.05, 0) is 35.2 Å². The standard InChI is InChI=1S/C10H13BrN2O2/c11-8-4-7(5-15-8)9(14)13-6-10(12)2-1-3-10/h4-5H,1-3,6,12H2,(H,13,14). The summed E-state index contributed by atoms with van der Waals surface area (Å²) in [5.41, 5.74) is 6.32. The number of nitrogens with one attached hydrogen (secondary N) is 1. The minimum absolute atomic E-state index is 0.138. The molecule has 1 aromatic heterocycles. The van der Waals surface area contributed by atoms with Gasteiger partial charge in [0.1, 0.15) is 6.26 Å². The molecular formula is C10H13BrN2O2. The predicted octanol–water partition coefficient (Wildman–Crippen LogP) is 1.65. The van der Waals surface area contributed by atoms with E-state index in [4.69, 9.17) is 10.2 Å². The van der Waals surface area contributed by atoms with Crippen LogP contribution in [0.2, 0.25) is 0 Å². The number of hydrogen-bond acceptors (Lipinski definition) is 3. The molecular weight excluding hydrogens is 260 g/mol. The van der Waals surface area contributed by atoms with Crippen LogP contribution in [0, 0.1) is 0 Å². The molecule has 82 valence electrons.